The normalized spacial score (nSPS) is 18.7. The third-order valence-corrected chi connectivity index (χ3v) is 4.46. The van der Waals surface area contributed by atoms with Gasteiger partial charge in [0.05, 0.1) is 11.9 Å². The highest BCUT2D eigenvalue weighted by molar-refractivity contribution is 7.16. The van der Waals surface area contributed by atoms with Crippen molar-refractivity contribution in [2.45, 2.75) is 33.2 Å². The minimum atomic E-state index is 0.209. The molecule has 2 aromatic rings. The Balaban J connectivity index is 1.86. The Morgan fingerprint density at radius 2 is 2.33 bits per heavy atom. The Morgan fingerprint density at radius 3 is 3.05 bits per heavy atom. The number of nitrogens with one attached hydrogen (secondary N) is 1. The van der Waals surface area contributed by atoms with Gasteiger partial charge in [-0.15, -0.1) is 11.3 Å². The standard InChI is InChI=1S/C15H20N4OS/c1-3-5-16-14-11-4-6-21-15(11)18-12(17-14)9-19-8-10(2)7-13(19)20/h4,6,10H,3,5,7-9H2,1-2H3,(H,16,17,18). The van der Waals surface area contributed by atoms with Crippen LogP contribution in [0.1, 0.15) is 32.5 Å². The van der Waals surface area contributed by atoms with E-state index in [0.29, 0.717) is 18.9 Å². The van der Waals surface area contributed by atoms with Crippen molar-refractivity contribution in [3.8, 4) is 0 Å². The molecule has 1 amide bonds. The van der Waals surface area contributed by atoms with Gasteiger partial charge >= 0.3 is 0 Å². The molecular weight excluding hydrogens is 284 g/mol. The lowest BCUT2D eigenvalue weighted by atomic mass is 10.2. The van der Waals surface area contributed by atoms with Gasteiger partial charge in [0.2, 0.25) is 5.91 Å². The highest BCUT2D eigenvalue weighted by Gasteiger charge is 2.27. The van der Waals surface area contributed by atoms with Gasteiger partial charge < -0.3 is 10.2 Å². The zero-order valence-electron chi connectivity index (χ0n) is 12.4. The number of rotatable bonds is 5. The van der Waals surface area contributed by atoms with Crippen LogP contribution in [-0.4, -0.2) is 33.9 Å². The van der Waals surface area contributed by atoms with Crippen LogP contribution in [0.5, 0.6) is 0 Å². The average Bonchev–Trinajstić information content (AvgIpc) is 3.03. The van der Waals surface area contributed by atoms with Crippen LogP contribution in [0.4, 0.5) is 5.82 Å². The van der Waals surface area contributed by atoms with E-state index in [-0.39, 0.29) is 5.91 Å². The molecule has 21 heavy (non-hydrogen) atoms. The molecule has 1 aliphatic rings. The quantitative estimate of drug-likeness (QED) is 0.923. The molecular formula is C15H20N4OS. The third kappa shape index (κ3) is 3.00. The fraction of sp³-hybridized carbons (Fsp3) is 0.533. The van der Waals surface area contributed by atoms with Crippen molar-refractivity contribution in [2.75, 3.05) is 18.4 Å². The summed E-state index contributed by atoms with van der Waals surface area (Å²) in [6.07, 6.45) is 1.69. The Morgan fingerprint density at radius 1 is 1.48 bits per heavy atom. The summed E-state index contributed by atoms with van der Waals surface area (Å²) >= 11 is 1.61. The minimum absolute atomic E-state index is 0.209. The smallest absolute Gasteiger partial charge is 0.223 e. The molecule has 1 atom stereocenters. The number of hydrogen-bond acceptors (Lipinski definition) is 5. The monoisotopic (exact) mass is 304 g/mol. The molecule has 5 nitrogen and oxygen atoms in total. The highest BCUT2D eigenvalue weighted by Crippen LogP contribution is 2.26. The zero-order valence-corrected chi connectivity index (χ0v) is 13.2. The molecule has 112 valence electrons. The molecule has 6 heteroatoms. The largest absolute Gasteiger partial charge is 0.369 e. The van der Waals surface area contributed by atoms with Gasteiger partial charge in [0.15, 0.2) is 5.82 Å². The van der Waals surface area contributed by atoms with Crippen molar-refractivity contribution in [2.24, 2.45) is 5.92 Å². The summed E-state index contributed by atoms with van der Waals surface area (Å²) in [6.45, 7) is 6.45. The summed E-state index contributed by atoms with van der Waals surface area (Å²) in [5, 5.41) is 6.46. The Hall–Kier alpha value is -1.69. The number of hydrogen-bond donors (Lipinski definition) is 1. The number of carbonyl (C=O) groups is 1. The molecule has 0 radical (unpaired) electrons. The second-order valence-electron chi connectivity index (χ2n) is 5.64. The molecule has 3 heterocycles. The number of carbonyl (C=O) groups excluding carboxylic acids is 1. The van der Waals surface area contributed by atoms with E-state index in [1.165, 1.54) is 0 Å². The van der Waals surface area contributed by atoms with E-state index in [0.717, 1.165) is 41.4 Å². The summed E-state index contributed by atoms with van der Waals surface area (Å²) in [6, 6.07) is 2.05. The van der Waals surface area contributed by atoms with Crippen LogP contribution in [-0.2, 0) is 11.3 Å². The van der Waals surface area contributed by atoms with Gasteiger partial charge in [-0.3, -0.25) is 4.79 Å². The molecule has 1 N–H and O–H groups in total. The van der Waals surface area contributed by atoms with Crippen molar-refractivity contribution < 1.29 is 4.79 Å². The van der Waals surface area contributed by atoms with Crippen LogP contribution in [0.15, 0.2) is 11.4 Å². The van der Waals surface area contributed by atoms with Gasteiger partial charge in [-0.1, -0.05) is 13.8 Å². The second kappa shape index (κ2) is 5.97. The van der Waals surface area contributed by atoms with E-state index < -0.39 is 0 Å². The maximum absolute atomic E-state index is 11.9. The van der Waals surface area contributed by atoms with Crippen LogP contribution in [0.2, 0.25) is 0 Å². The van der Waals surface area contributed by atoms with Gasteiger partial charge in [-0.05, 0) is 23.8 Å². The topological polar surface area (TPSA) is 58.1 Å². The number of thiophene rings is 1. The third-order valence-electron chi connectivity index (χ3n) is 3.65. The predicted molar refractivity (Wildman–Crippen MR) is 85.4 cm³/mol. The first-order valence-electron chi connectivity index (χ1n) is 7.43. The molecule has 0 saturated carbocycles. The van der Waals surface area contributed by atoms with Crippen LogP contribution in [0.25, 0.3) is 10.2 Å². The molecule has 2 aromatic heterocycles. The molecule has 1 aliphatic heterocycles. The van der Waals surface area contributed by atoms with E-state index in [4.69, 9.17) is 0 Å². The molecule has 0 aromatic carbocycles. The van der Waals surface area contributed by atoms with Crippen LogP contribution in [0.3, 0.4) is 0 Å². The molecule has 3 rings (SSSR count). The van der Waals surface area contributed by atoms with Crippen molar-refractivity contribution in [3.63, 3.8) is 0 Å². The average molecular weight is 304 g/mol. The number of likely N-dealkylation sites (tertiary alicyclic amines) is 1. The lowest BCUT2D eigenvalue weighted by Crippen LogP contribution is -2.25. The summed E-state index contributed by atoms with van der Waals surface area (Å²) in [7, 11) is 0. The Labute approximate surface area is 128 Å². The van der Waals surface area contributed by atoms with Gasteiger partial charge in [-0.25, -0.2) is 9.97 Å². The van der Waals surface area contributed by atoms with Crippen molar-refractivity contribution in [1.29, 1.82) is 0 Å². The van der Waals surface area contributed by atoms with Crippen molar-refractivity contribution in [3.05, 3.63) is 17.3 Å². The van der Waals surface area contributed by atoms with Gasteiger partial charge in [0.1, 0.15) is 10.6 Å². The predicted octanol–water partition coefficient (Wildman–Crippen LogP) is 2.88. The van der Waals surface area contributed by atoms with Crippen molar-refractivity contribution >= 4 is 33.3 Å². The molecule has 1 fully saturated rings. The number of aromatic nitrogens is 2. The number of nitrogens with zero attached hydrogens (tertiary/aromatic N) is 3. The van der Waals surface area contributed by atoms with Crippen LogP contribution in [0, 0.1) is 5.92 Å². The molecule has 0 spiro atoms. The summed E-state index contributed by atoms with van der Waals surface area (Å²) in [5.74, 6) is 2.25. The minimum Gasteiger partial charge on any atom is -0.369 e. The maximum Gasteiger partial charge on any atom is 0.223 e. The number of amides is 1. The zero-order chi connectivity index (χ0) is 14.8. The Bertz CT molecular complexity index is 654. The van der Waals surface area contributed by atoms with Gasteiger partial charge in [0, 0.05) is 19.5 Å². The maximum atomic E-state index is 11.9. The SMILES string of the molecule is CCCNc1nc(CN2CC(C)CC2=O)nc2sccc12. The summed E-state index contributed by atoms with van der Waals surface area (Å²) < 4.78 is 0. The second-order valence-corrected chi connectivity index (χ2v) is 6.53. The fourth-order valence-electron chi connectivity index (χ4n) is 2.64. The first kappa shape index (κ1) is 14.3. The molecule has 1 saturated heterocycles. The number of anilines is 1. The Kier molecular flexibility index (Phi) is 4.05. The highest BCUT2D eigenvalue weighted by atomic mass is 32.1. The summed E-state index contributed by atoms with van der Waals surface area (Å²) in [4.78, 5) is 24.0. The van der Waals surface area contributed by atoms with Gasteiger partial charge in [-0.2, -0.15) is 0 Å². The lowest BCUT2D eigenvalue weighted by molar-refractivity contribution is -0.128. The van der Waals surface area contributed by atoms with Crippen molar-refractivity contribution in [1.82, 2.24) is 14.9 Å². The molecule has 0 bridgehead atoms. The summed E-state index contributed by atoms with van der Waals surface area (Å²) in [5.41, 5.74) is 0. The van der Waals surface area contributed by atoms with E-state index in [1.54, 1.807) is 11.3 Å². The fourth-order valence-corrected chi connectivity index (χ4v) is 3.42. The first-order valence-corrected chi connectivity index (χ1v) is 8.31. The van der Waals surface area contributed by atoms with E-state index in [2.05, 4.69) is 29.1 Å². The molecule has 0 aliphatic carbocycles. The number of fused-ring (bicyclic) bond motifs is 1. The first-order chi connectivity index (χ1) is 10.2. The lowest BCUT2D eigenvalue weighted by Gasteiger charge is -2.16. The molecule has 1 unspecified atom stereocenters. The van der Waals surface area contributed by atoms with E-state index >= 15 is 0 Å². The van der Waals surface area contributed by atoms with E-state index in [1.807, 2.05) is 16.3 Å². The van der Waals surface area contributed by atoms with Crippen LogP contribution >= 0.6 is 11.3 Å². The van der Waals surface area contributed by atoms with Crippen LogP contribution < -0.4 is 5.32 Å². The van der Waals surface area contributed by atoms with Gasteiger partial charge in [0.25, 0.3) is 0 Å². The van der Waals surface area contributed by atoms with E-state index in [9.17, 15) is 4.79 Å².